The minimum atomic E-state index is 0.320. The summed E-state index contributed by atoms with van der Waals surface area (Å²) in [5.74, 6) is 1.56. The monoisotopic (exact) mass is 386 g/mol. The lowest BCUT2D eigenvalue weighted by atomic mass is 9.83. The molecule has 1 fully saturated rings. The summed E-state index contributed by atoms with van der Waals surface area (Å²) in [6.07, 6.45) is 7.06. The highest BCUT2D eigenvalue weighted by molar-refractivity contribution is 5.28. The summed E-state index contributed by atoms with van der Waals surface area (Å²) in [7, 11) is 0. The summed E-state index contributed by atoms with van der Waals surface area (Å²) < 4.78 is 11.8. The van der Waals surface area contributed by atoms with Crippen LogP contribution in [0.1, 0.15) is 48.3 Å². The normalized spacial score (nSPS) is 19.0. The number of aryl methyl sites for hydroxylation is 2. The fraction of sp³-hybridized carbons (Fsp3) is 0.333. The van der Waals surface area contributed by atoms with Gasteiger partial charge in [0, 0.05) is 0 Å². The van der Waals surface area contributed by atoms with Gasteiger partial charge in [-0.3, -0.25) is 0 Å². The standard InChI is InChI=1S/C27H30O2/c1-3-7-22(8-4-1)11-12-23-13-17-26(18-14-23)28-21-29-27-19-15-25(16-20-27)24-9-5-2-6-10-24/h1-10,13-14,17-18,25,27H,11-12,15-16,19-21H2. The Morgan fingerprint density at radius 1 is 0.621 bits per heavy atom. The molecule has 2 nitrogen and oxygen atoms in total. The second-order valence-corrected chi connectivity index (χ2v) is 7.94. The van der Waals surface area contributed by atoms with Crippen LogP contribution in [0.3, 0.4) is 0 Å². The van der Waals surface area contributed by atoms with Crippen molar-refractivity contribution in [2.75, 3.05) is 6.79 Å². The SMILES string of the molecule is c1ccc(CCc2ccc(OCOC3CCC(c4ccccc4)CC3)cc2)cc1. The fourth-order valence-electron chi connectivity index (χ4n) is 4.17. The van der Waals surface area contributed by atoms with Crippen molar-refractivity contribution in [2.45, 2.75) is 50.5 Å². The summed E-state index contributed by atoms with van der Waals surface area (Å²) in [6, 6.07) is 29.9. The first kappa shape index (κ1) is 19.7. The van der Waals surface area contributed by atoms with Gasteiger partial charge in [0.2, 0.25) is 0 Å². The second kappa shape index (κ2) is 10.3. The molecule has 0 unspecified atom stereocenters. The molecule has 1 aliphatic rings. The molecule has 1 aliphatic carbocycles. The van der Waals surface area contributed by atoms with Crippen molar-refractivity contribution in [3.63, 3.8) is 0 Å². The molecule has 0 radical (unpaired) electrons. The molecule has 0 saturated heterocycles. The molecule has 1 saturated carbocycles. The first-order valence-corrected chi connectivity index (χ1v) is 10.8. The highest BCUT2D eigenvalue weighted by Gasteiger charge is 2.22. The predicted molar refractivity (Wildman–Crippen MR) is 118 cm³/mol. The Morgan fingerprint density at radius 2 is 1.21 bits per heavy atom. The molecule has 0 heterocycles. The van der Waals surface area contributed by atoms with E-state index in [4.69, 9.17) is 9.47 Å². The largest absolute Gasteiger partial charge is 0.468 e. The number of ether oxygens (including phenoxy) is 2. The second-order valence-electron chi connectivity index (χ2n) is 7.94. The molecule has 0 amide bonds. The Bertz CT molecular complexity index is 835. The van der Waals surface area contributed by atoms with E-state index >= 15 is 0 Å². The summed E-state index contributed by atoms with van der Waals surface area (Å²) in [4.78, 5) is 0. The average Bonchev–Trinajstić information content (AvgIpc) is 2.80. The molecular weight excluding hydrogens is 356 g/mol. The number of rotatable bonds is 8. The van der Waals surface area contributed by atoms with Crippen LogP contribution in [0.25, 0.3) is 0 Å². The molecule has 3 aromatic carbocycles. The van der Waals surface area contributed by atoms with Crippen LogP contribution in [0.4, 0.5) is 0 Å². The summed E-state index contributed by atoms with van der Waals surface area (Å²) in [5.41, 5.74) is 4.18. The maximum absolute atomic E-state index is 5.98. The molecule has 29 heavy (non-hydrogen) atoms. The van der Waals surface area contributed by atoms with Gasteiger partial charge in [-0.1, -0.05) is 72.8 Å². The molecule has 0 aromatic heterocycles. The quantitative estimate of drug-likeness (QED) is 0.409. The van der Waals surface area contributed by atoms with Crippen molar-refractivity contribution < 1.29 is 9.47 Å². The third kappa shape index (κ3) is 5.95. The zero-order valence-corrected chi connectivity index (χ0v) is 17.0. The van der Waals surface area contributed by atoms with Crippen molar-refractivity contribution in [2.24, 2.45) is 0 Å². The van der Waals surface area contributed by atoms with E-state index in [2.05, 4.69) is 84.9 Å². The molecule has 0 atom stereocenters. The fourth-order valence-corrected chi connectivity index (χ4v) is 4.17. The molecule has 0 bridgehead atoms. The van der Waals surface area contributed by atoms with E-state index in [9.17, 15) is 0 Å². The van der Waals surface area contributed by atoms with Gasteiger partial charge in [0.25, 0.3) is 0 Å². The van der Waals surface area contributed by atoms with Crippen molar-refractivity contribution in [1.82, 2.24) is 0 Å². The van der Waals surface area contributed by atoms with Crippen LogP contribution < -0.4 is 4.74 Å². The lowest BCUT2D eigenvalue weighted by molar-refractivity contribution is -0.0516. The Labute approximate surface area is 174 Å². The highest BCUT2D eigenvalue weighted by Crippen LogP contribution is 2.33. The van der Waals surface area contributed by atoms with Gasteiger partial charge in [-0.2, -0.15) is 0 Å². The third-order valence-electron chi connectivity index (χ3n) is 5.94. The van der Waals surface area contributed by atoms with Gasteiger partial charge in [0.1, 0.15) is 5.75 Å². The van der Waals surface area contributed by atoms with E-state index in [1.807, 2.05) is 0 Å². The van der Waals surface area contributed by atoms with Gasteiger partial charge in [-0.25, -0.2) is 0 Å². The topological polar surface area (TPSA) is 18.5 Å². The Kier molecular flexibility index (Phi) is 6.98. The van der Waals surface area contributed by atoms with Crippen LogP contribution in [0.5, 0.6) is 5.75 Å². The van der Waals surface area contributed by atoms with Crippen molar-refractivity contribution in [3.8, 4) is 5.75 Å². The van der Waals surface area contributed by atoms with Crippen molar-refractivity contribution in [3.05, 3.63) is 102 Å². The molecule has 4 rings (SSSR count). The molecule has 0 N–H and O–H groups in total. The van der Waals surface area contributed by atoms with E-state index in [1.165, 1.54) is 29.5 Å². The van der Waals surface area contributed by atoms with Gasteiger partial charge < -0.3 is 9.47 Å². The Balaban J connectivity index is 1.16. The van der Waals surface area contributed by atoms with E-state index in [1.54, 1.807) is 0 Å². The number of hydrogen-bond acceptors (Lipinski definition) is 2. The summed E-state index contributed by atoms with van der Waals surface area (Å²) in [5, 5.41) is 0. The maximum atomic E-state index is 5.98. The number of hydrogen-bond donors (Lipinski definition) is 0. The molecule has 150 valence electrons. The van der Waals surface area contributed by atoms with Crippen LogP contribution in [-0.2, 0) is 17.6 Å². The van der Waals surface area contributed by atoms with E-state index in [0.717, 1.165) is 31.4 Å². The smallest absolute Gasteiger partial charge is 0.189 e. The van der Waals surface area contributed by atoms with Crippen molar-refractivity contribution in [1.29, 1.82) is 0 Å². The zero-order chi connectivity index (χ0) is 19.7. The minimum absolute atomic E-state index is 0.320. The first-order valence-electron chi connectivity index (χ1n) is 10.8. The summed E-state index contributed by atoms with van der Waals surface area (Å²) >= 11 is 0. The Morgan fingerprint density at radius 3 is 1.86 bits per heavy atom. The van der Waals surface area contributed by atoms with Crippen LogP contribution in [0.15, 0.2) is 84.9 Å². The molecule has 2 heteroatoms. The predicted octanol–water partition coefficient (Wildman–Crippen LogP) is 6.55. The van der Waals surface area contributed by atoms with E-state index < -0.39 is 0 Å². The highest BCUT2D eigenvalue weighted by atomic mass is 16.7. The zero-order valence-electron chi connectivity index (χ0n) is 17.0. The minimum Gasteiger partial charge on any atom is -0.468 e. The van der Waals surface area contributed by atoms with Crippen LogP contribution in [0, 0.1) is 0 Å². The van der Waals surface area contributed by atoms with Crippen molar-refractivity contribution >= 4 is 0 Å². The van der Waals surface area contributed by atoms with Crippen LogP contribution in [0.2, 0.25) is 0 Å². The van der Waals surface area contributed by atoms with Gasteiger partial charge in [-0.15, -0.1) is 0 Å². The molecule has 3 aromatic rings. The molecule has 0 spiro atoms. The van der Waals surface area contributed by atoms with Gasteiger partial charge in [0.05, 0.1) is 6.10 Å². The average molecular weight is 387 g/mol. The molecule has 0 aliphatic heterocycles. The lowest BCUT2D eigenvalue weighted by Gasteiger charge is -2.28. The third-order valence-corrected chi connectivity index (χ3v) is 5.94. The summed E-state index contributed by atoms with van der Waals surface area (Å²) in [6.45, 7) is 0.337. The van der Waals surface area contributed by atoms with Gasteiger partial charge >= 0.3 is 0 Å². The van der Waals surface area contributed by atoms with E-state index in [0.29, 0.717) is 18.8 Å². The maximum Gasteiger partial charge on any atom is 0.189 e. The lowest BCUT2D eigenvalue weighted by Crippen LogP contribution is -2.22. The van der Waals surface area contributed by atoms with Gasteiger partial charge in [0.15, 0.2) is 6.79 Å². The van der Waals surface area contributed by atoms with Crippen LogP contribution in [-0.4, -0.2) is 12.9 Å². The Hall–Kier alpha value is -2.58. The van der Waals surface area contributed by atoms with Crippen LogP contribution >= 0.6 is 0 Å². The van der Waals surface area contributed by atoms with Gasteiger partial charge in [-0.05, 0) is 73.3 Å². The first-order chi connectivity index (χ1) is 14.4. The molecular formula is C27H30O2. The van der Waals surface area contributed by atoms with E-state index in [-0.39, 0.29) is 0 Å². The number of benzene rings is 3.